The van der Waals surface area contributed by atoms with E-state index >= 15 is 0 Å². The molecule has 2 unspecified atom stereocenters. The molecule has 1 aromatic heterocycles. The van der Waals surface area contributed by atoms with Crippen LogP contribution in [0.1, 0.15) is 37.7 Å². The molecule has 1 aromatic rings. The lowest BCUT2D eigenvalue weighted by atomic mass is 9.93. The molecule has 2 atom stereocenters. The van der Waals surface area contributed by atoms with Gasteiger partial charge in [-0.25, -0.2) is 0 Å². The van der Waals surface area contributed by atoms with Crippen molar-refractivity contribution in [2.45, 2.75) is 44.6 Å². The van der Waals surface area contributed by atoms with Crippen molar-refractivity contribution < 1.29 is 0 Å². The standard InChI is InChI=1S/C16H27N3/c1-19(12-9-14-7-10-18-11-8-14)16-6-4-2-3-5-15(16)13-17/h7-8,10-11,15-16H,2-6,9,12-13,17H2,1H3. The van der Waals surface area contributed by atoms with Crippen LogP contribution in [0.3, 0.4) is 0 Å². The minimum absolute atomic E-state index is 0.675. The van der Waals surface area contributed by atoms with E-state index in [-0.39, 0.29) is 0 Å². The Labute approximate surface area is 117 Å². The van der Waals surface area contributed by atoms with E-state index in [1.165, 1.54) is 37.7 Å². The zero-order chi connectivity index (χ0) is 13.5. The monoisotopic (exact) mass is 261 g/mol. The Balaban J connectivity index is 1.88. The van der Waals surface area contributed by atoms with E-state index in [0.29, 0.717) is 12.0 Å². The Morgan fingerprint density at radius 1 is 1.21 bits per heavy atom. The van der Waals surface area contributed by atoms with Crippen molar-refractivity contribution in [2.24, 2.45) is 11.7 Å². The average molecular weight is 261 g/mol. The predicted molar refractivity (Wildman–Crippen MR) is 80.0 cm³/mol. The first-order chi connectivity index (χ1) is 9.31. The fourth-order valence-corrected chi connectivity index (χ4v) is 3.24. The van der Waals surface area contributed by atoms with Gasteiger partial charge in [0.05, 0.1) is 0 Å². The fourth-order valence-electron chi connectivity index (χ4n) is 3.24. The first kappa shape index (κ1) is 14.5. The molecule has 1 saturated carbocycles. The summed E-state index contributed by atoms with van der Waals surface area (Å²) in [6, 6.07) is 4.90. The molecular formula is C16H27N3. The molecule has 1 fully saturated rings. The molecule has 3 nitrogen and oxygen atoms in total. The van der Waals surface area contributed by atoms with Gasteiger partial charge in [-0.3, -0.25) is 4.98 Å². The number of hydrogen-bond donors (Lipinski definition) is 1. The Bertz CT molecular complexity index is 352. The summed E-state index contributed by atoms with van der Waals surface area (Å²) in [5.41, 5.74) is 7.35. The van der Waals surface area contributed by atoms with Gasteiger partial charge in [-0.1, -0.05) is 19.3 Å². The lowest BCUT2D eigenvalue weighted by molar-refractivity contribution is 0.170. The van der Waals surface area contributed by atoms with Crippen molar-refractivity contribution in [3.63, 3.8) is 0 Å². The number of pyridine rings is 1. The smallest absolute Gasteiger partial charge is 0.0270 e. The van der Waals surface area contributed by atoms with Gasteiger partial charge in [-0.2, -0.15) is 0 Å². The zero-order valence-corrected chi connectivity index (χ0v) is 12.1. The number of rotatable bonds is 5. The first-order valence-corrected chi connectivity index (χ1v) is 7.60. The van der Waals surface area contributed by atoms with Crippen LogP contribution < -0.4 is 5.73 Å². The first-order valence-electron chi connectivity index (χ1n) is 7.60. The van der Waals surface area contributed by atoms with Gasteiger partial charge in [0, 0.05) is 25.0 Å². The molecular weight excluding hydrogens is 234 g/mol. The largest absolute Gasteiger partial charge is 0.330 e. The molecule has 3 heteroatoms. The van der Waals surface area contributed by atoms with Crippen molar-refractivity contribution in [3.8, 4) is 0 Å². The zero-order valence-electron chi connectivity index (χ0n) is 12.1. The highest BCUT2D eigenvalue weighted by Gasteiger charge is 2.25. The molecule has 2 N–H and O–H groups in total. The van der Waals surface area contributed by atoms with Gasteiger partial charge in [0.2, 0.25) is 0 Å². The second-order valence-corrected chi connectivity index (χ2v) is 5.79. The number of nitrogens with zero attached hydrogens (tertiary/aromatic N) is 2. The van der Waals surface area contributed by atoms with E-state index < -0.39 is 0 Å². The number of hydrogen-bond acceptors (Lipinski definition) is 3. The van der Waals surface area contributed by atoms with E-state index in [4.69, 9.17) is 5.73 Å². The van der Waals surface area contributed by atoms with Gasteiger partial charge in [0.1, 0.15) is 0 Å². The van der Waals surface area contributed by atoms with E-state index in [1.54, 1.807) is 0 Å². The van der Waals surface area contributed by atoms with Crippen LogP contribution >= 0.6 is 0 Å². The van der Waals surface area contributed by atoms with E-state index in [9.17, 15) is 0 Å². The maximum atomic E-state index is 5.97. The molecule has 0 saturated heterocycles. The summed E-state index contributed by atoms with van der Waals surface area (Å²) >= 11 is 0. The van der Waals surface area contributed by atoms with Crippen molar-refractivity contribution in [1.82, 2.24) is 9.88 Å². The van der Waals surface area contributed by atoms with Gasteiger partial charge in [-0.15, -0.1) is 0 Å². The fraction of sp³-hybridized carbons (Fsp3) is 0.688. The molecule has 1 heterocycles. The van der Waals surface area contributed by atoms with Gasteiger partial charge in [0.15, 0.2) is 0 Å². The normalized spacial score (nSPS) is 24.4. The van der Waals surface area contributed by atoms with Crippen molar-refractivity contribution >= 4 is 0 Å². The molecule has 0 radical (unpaired) electrons. The summed E-state index contributed by atoms with van der Waals surface area (Å²) in [4.78, 5) is 6.60. The Morgan fingerprint density at radius 2 is 1.95 bits per heavy atom. The average Bonchev–Trinajstić information content (AvgIpc) is 2.71. The maximum absolute atomic E-state index is 5.97. The lowest BCUT2D eigenvalue weighted by Gasteiger charge is -2.33. The summed E-state index contributed by atoms with van der Waals surface area (Å²) < 4.78 is 0. The van der Waals surface area contributed by atoms with Crippen molar-refractivity contribution in [3.05, 3.63) is 30.1 Å². The highest BCUT2D eigenvalue weighted by Crippen LogP contribution is 2.26. The molecule has 0 amide bonds. The van der Waals surface area contributed by atoms with Crippen LogP contribution in [0.25, 0.3) is 0 Å². The third-order valence-corrected chi connectivity index (χ3v) is 4.49. The highest BCUT2D eigenvalue weighted by molar-refractivity contribution is 5.09. The molecule has 1 aliphatic rings. The molecule has 106 valence electrons. The van der Waals surface area contributed by atoms with Gasteiger partial charge >= 0.3 is 0 Å². The van der Waals surface area contributed by atoms with Gasteiger partial charge in [-0.05, 0) is 56.5 Å². The molecule has 0 aliphatic heterocycles. The molecule has 0 aromatic carbocycles. The second-order valence-electron chi connectivity index (χ2n) is 5.79. The van der Waals surface area contributed by atoms with E-state index in [1.807, 2.05) is 12.4 Å². The number of nitrogens with two attached hydrogens (primary N) is 1. The van der Waals surface area contributed by atoms with E-state index in [2.05, 4.69) is 29.1 Å². The Hall–Kier alpha value is -0.930. The molecule has 1 aliphatic carbocycles. The number of aromatic nitrogens is 1. The molecule has 0 spiro atoms. The topological polar surface area (TPSA) is 42.2 Å². The lowest BCUT2D eigenvalue weighted by Crippen LogP contribution is -2.41. The summed E-state index contributed by atoms with van der Waals surface area (Å²) in [7, 11) is 2.26. The van der Waals surface area contributed by atoms with Crippen LogP contribution in [0.2, 0.25) is 0 Å². The molecule has 2 rings (SSSR count). The number of likely N-dealkylation sites (N-methyl/N-ethyl adjacent to an activating group) is 1. The Kier molecular flexibility index (Phi) is 5.80. The highest BCUT2D eigenvalue weighted by atomic mass is 15.1. The second kappa shape index (κ2) is 7.61. The SMILES string of the molecule is CN(CCc1ccncc1)C1CCCCCC1CN. The minimum atomic E-state index is 0.675. The summed E-state index contributed by atoms with van der Waals surface area (Å²) in [5.74, 6) is 0.685. The maximum Gasteiger partial charge on any atom is 0.0270 e. The summed E-state index contributed by atoms with van der Waals surface area (Å²) in [5, 5.41) is 0. The predicted octanol–water partition coefficient (Wildman–Crippen LogP) is 2.46. The van der Waals surface area contributed by atoms with E-state index in [0.717, 1.165) is 19.5 Å². The minimum Gasteiger partial charge on any atom is -0.330 e. The molecule has 19 heavy (non-hydrogen) atoms. The van der Waals surface area contributed by atoms with Crippen molar-refractivity contribution in [2.75, 3.05) is 20.1 Å². The van der Waals surface area contributed by atoms with Crippen LogP contribution in [-0.2, 0) is 6.42 Å². The quantitative estimate of drug-likeness (QED) is 0.828. The van der Waals surface area contributed by atoms with Crippen molar-refractivity contribution in [1.29, 1.82) is 0 Å². The Morgan fingerprint density at radius 3 is 2.68 bits per heavy atom. The van der Waals surface area contributed by atoms with Crippen LogP contribution in [-0.4, -0.2) is 36.1 Å². The summed E-state index contributed by atoms with van der Waals surface area (Å²) in [6.07, 6.45) is 11.6. The van der Waals surface area contributed by atoms with Crippen LogP contribution in [0.15, 0.2) is 24.5 Å². The van der Waals surface area contributed by atoms with Crippen LogP contribution in [0.4, 0.5) is 0 Å². The van der Waals surface area contributed by atoms with Gasteiger partial charge in [0.25, 0.3) is 0 Å². The van der Waals surface area contributed by atoms with Crippen LogP contribution in [0, 0.1) is 5.92 Å². The third-order valence-electron chi connectivity index (χ3n) is 4.49. The summed E-state index contributed by atoms with van der Waals surface area (Å²) in [6.45, 7) is 1.95. The van der Waals surface area contributed by atoms with Gasteiger partial charge < -0.3 is 10.6 Å². The van der Waals surface area contributed by atoms with Crippen LogP contribution in [0.5, 0.6) is 0 Å². The molecule has 0 bridgehead atoms. The third kappa shape index (κ3) is 4.29.